The number of anilines is 1. The summed E-state index contributed by atoms with van der Waals surface area (Å²) in [5.41, 5.74) is 0.852. The summed E-state index contributed by atoms with van der Waals surface area (Å²) in [6.45, 7) is 0. The fraction of sp³-hybridized carbons (Fsp3) is 0.0526. The topological polar surface area (TPSA) is 46.6 Å². The minimum absolute atomic E-state index is 0.162. The van der Waals surface area contributed by atoms with Crippen LogP contribution in [-0.4, -0.2) is 18.9 Å². The molecular weight excluding hydrogens is 322 g/mol. The molecule has 3 aromatic rings. The predicted octanol–water partition coefficient (Wildman–Crippen LogP) is 4.24. The minimum atomic E-state index is -0.498. The number of benzene rings is 2. The average molecular weight is 337 g/mol. The van der Waals surface area contributed by atoms with Crippen molar-refractivity contribution in [2.45, 2.75) is 0 Å². The van der Waals surface area contributed by atoms with Crippen molar-refractivity contribution in [2.75, 3.05) is 11.9 Å². The highest BCUT2D eigenvalue weighted by molar-refractivity contribution is 7.12. The lowest BCUT2D eigenvalue weighted by atomic mass is 10.1. The van der Waals surface area contributed by atoms with Crippen LogP contribution in [0.2, 0.25) is 0 Å². The summed E-state index contributed by atoms with van der Waals surface area (Å²) >= 11 is 1.36. The molecule has 5 heteroatoms. The Labute approximate surface area is 143 Å². The van der Waals surface area contributed by atoms with Gasteiger partial charge >= 0.3 is 5.97 Å². The molecule has 1 aromatic heterocycles. The number of para-hydroxylation sites is 2. The first-order valence-electron chi connectivity index (χ1n) is 7.34. The first kappa shape index (κ1) is 16.0. The Morgan fingerprint density at radius 2 is 1.62 bits per heavy atom. The van der Waals surface area contributed by atoms with Gasteiger partial charge in [0.05, 0.1) is 16.1 Å². The molecule has 0 unspecified atom stereocenters. The van der Waals surface area contributed by atoms with Crippen molar-refractivity contribution in [3.63, 3.8) is 0 Å². The number of nitrogens with zero attached hydrogens (tertiary/aromatic N) is 1. The Hall–Kier alpha value is -2.92. The normalized spacial score (nSPS) is 10.2. The smallest absolute Gasteiger partial charge is 0.345 e. The summed E-state index contributed by atoms with van der Waals surface area (Å²) in [5.74, 6) is -0.197. The summed E-state index contributed by atoms with van der Waals surface area (Å²) in [6.07, 6.45) is 0. The van der Waals surface area contributed by atoms with Crippen molar-refractivity contribution in [3.05, 3.63) is 82.6 Å². The Balaban J connectivity index is 1.87. The summed E-state index contributed by atoms with van der Waals surface area (Å²) in [5, 5.41) is 1.84. The first-order valence-corrected chi connectivity index (χ1v) is 8.22. The van der Waals surface area contributed by atoms with Crippen LogP contribution in [-0.2, 0) is 0 Å². The summed E-state index contributed by atoms with van der Waals surface area (Å²) in [7, 11) is 1.65. The molecule has 0 aliphatic carbocycles. The minimum Gasteiger partial charge on any atom is -0.423 e. The molecule has 0 saturated heterocycles. The zero-order chi connectivity index (χ0) is 16.9. The van der Waals surface area contributed by atoms with E-state index in [1.165, 1.54) is 16.2 Å². The zero-order valence-electron chi connectivity index (χ0n) is 13.0. The molecule has 24 heavy (non-hydrogen) atoms. The molecule has 0 spiro atoms. The van der Waals surface area contributed by atoms with E-state index in [0.29, 0.717) is 21.9 Å². The van der Waals surface area contributed by atoms with Gasteiger partial charge < -0.3 is 9.64 Å². The number of ether oxygens (including phenoxy) is 1. The largest absolute Gasteiger partial charge is 0.423 e. The van der Waals surface area contributed by atoms with E-state index in [2.05, 4.69) is 0 Å². The van der Waals surface area contributed by atoms with Crippen LogP contribution < -0.4 is 9.64 Å². The summed E-state index contributed by atoms with van der Waals surface area (Å²) in [6, 6.07) is 19.3. The summed E-state index contributed by atoms with van der Waals surface area (Å²) in [4.78, 5) is 27.1. The van der Waals surface area contributed by atoms with E-state index in [1.54, 1.807) is 61.6 Å². The zero-order valence-corrected chi connectivity index (χ0v) is 13.8. The van der Waals surface area contributed by atoms with Crippen molar-refractivity contribution in [1.29, 1.82) is 0 Å². The fourth-order valence-corrected chi connectivity index (χ4v) is 2.96. The second-order valence-corrected chi connectivity index (χ2v) is 6.01. The maximum absolute atomic E-state index is 12.5. The van der Waals surface area contributed by atoms with Crippen molar-refractivity contribution >= 4 is 28.9 Å². The molecule has 0 N–H and O–H groups in total. The Morgan fingerprint density at radius 1 is 0.917 bits per heavy atom. The number of carbonyl (C=O) groups is 2. The van der Waals surface area contributed by atoms with Crippen LogP contribution >= 0.6 is 11.3 Å². The first-order chi connectivity index (χ1) is 11.7. The summed E-state index contributed by atoms with van der Waals surface area (Å²) < 4.78 is 5.39. The van der Waals surface area contributed by atoms with Gasteiger partial charge in [-0.3, -0.25) is 4.79 Å². The third kappa shape index (κ3) is 3.36. The van der Waals surface area contributed by atoms with Gasteiger partial charge in [0.2, 0.25) is 0 Å². The van der Waals surface area contributed by atoms with Crippen LogP contribution in [0.25, 0.3) is 0 Å². The number of carbonyl (C=O) groups excluding carboxylic acids is 2. The highest BCUT2D eigenvalue weighted by Crippen LogP contribution is 2.24. The second-order valence-electron chi connectivity index (χ2n) is 5.06. The SMILES string of the molecule is CN(C(=O)c1cccs1)c1ccccc1C(=O)Oc1ccccc1. The van der Waals surface area contributed by atoms with E-state index in [1.807, 2.05) is 17.5 Å². The monoisotopic (exact) mass is 337 g/mol. The van der Waals surface area contributed by atoms with Gasteiger partial charge in [-0.25, -0.2) is 4.79 Å². The highest BCUT2D eigenvalue weighted by Gasteiger charge is 2.21. The third-order valence-corrected chi connectivity index (χ3v) is 4.33. The molecule has 0 aliphatic heterocycles. The highest BCUT2D eigenvalue weighted by atomic mass is 32.1. The van der Waals surface area contributed by atoms with E-state index in [9.17, 15) is 9.59 Å². The molecule has 1 amide bonds. The Kier molecular flexibility index (Phi) is 4.72. The standard InChI is InChI=1S/C19H15NO3S/c1-20(18(21)17-12-7-13-24-17)16-11-6-5-10-15(16)19(22)23-14-8-3-2-4-9-14/h2-13H,1H3. The molecule has 0 atom stereocenters. The van der Waals surface area contributed by atoms with E-state index in [-0.39, 0.29) is 5.91 Å². The van der Waals surface area contributed by atoms with Gasteiger partial charge in [0.25, 0.3) is 5.91 Å². The molecule has 0 saturated carbocycles. The van der Waals surface area contributed by atoms with E-state index >= 15 is 0 Å². The molecule has 120 valence electrons. The van der Waals surface area contributed by atoms with Gasteiger partial charge in [-0.2, -0.15) is 0 Å². The Bertz CT molecular complexity index is 844. The van der Waals surface area contributed by atoms with Crippen LogP contribution in [0.3, 0.4) is 0 Å². The number of amides is 1. The van der Waals surface area contributed by atoms with Gasteiger partial charge in [-0.15, -0.1) is 11.3 Å². The van der Waals surface area contributed by atoms with Gasteiger partial charge in [0.1, 0.15) is 5.75 Å². The molecule has 0 aliphatic rings. The molecule has 0 bridgehead atoms. The number of thiophene rings is 1. The van der Waals surface area contributed by atoms with Crippen LogP contribution in [0.5, 0.6) is 5.75 Å². The molecule has 4 nitrogen and oxygen atoms in total. The fourth-order valence-electron chi connectivity index (χ4n) is 2.26. The molecule has 3 rings (SSSR count). The lowest BCUT2D eigenvalue weighted by molar-refractivity contribution is 0.0735. The predicted molar refractivity (Wildman–Crippen MR) is 94.9 cm³/mol. The molecule has 0 fully saturated rings. The molecule has 2 aromatic carbocycles. The van der Waals surface area contributed by atoms with Crippen molar-refractivity contribution in [3.8, 4) is 5.75 Å². The maximum Gasteiger partial charge on any atom is 0.345 e. The van der Waals surface area contributed by atoms with Gasteiger partial charge in [-0.1, -0.05) is 36.4 Å². The number of hydrogen-bond donors (Lipinski definition) is 0. The second kappa shape index (κ2) is 7.10. The number of rotatable bonds is 4. The number of esters is 1. The van der Waals surface area contributed by atoms with Gasteiger partial charge in [0.15, 0.2) is 0 Å². The van der Waals surface area contributed by atoms with Crippen molar-refractivity contribution < 1.29 is 14.3 Å². The van der Waals surface area contributed by atoms with Gasteiger partial charge in [0, 0.05) is 7.05 Å². The van der Waals surface area contributed by atoms with Crippen molar-refractivity contribution in [1.82, 2.24) is 0 Å². The average Bonchev–Trinajstić information content (AvgIpc) is 3.16. The number of hydrogen-bond acceptors (Lipinski definition) is 4. The van der Waals surface area contributed by atoms with E-state index in [4.69, 9.17) is 4.74 Å². The lowest BCUT2D eigenvalue weighted by Crippen LogP contribution is -2.27. The molecule has 1 heterocycles. The van der Waals surface area contributed by atoms with Crippen molar-refractivity contribution in [2.24, 2.45) is 0 Å². The molecular formula is C19H15NO3S. The van der Waals surface area contributed by atoms with E-state index < -0.39 is 5.97 Å². The van der Waals surface area contributed by atoms with Crippen LogP contribution in [0.1, 0.15) is 20.0 Å². The third-order valence-electron chi connectivity index (χ3n) is 3.48. The van der Waals surface area contributed by atoms with Crippen LogP contribution in [0, 0.1) is 0 Å². The Morgan fingerprint density at radius 3 is 2.33 bits per heavy atom. The van der Waals surface area contributed by atoms with Crippen LogP contribution in [0.4, 0.5) is 5.69 Å². The lowest BCUT2D eigenvalue weighted by Gasteiger charge is -2.19. The maximum atomic E-state index is 12.5. The van der Waals surface area contributed by atoms with E-state index in [0.717, 1.165) is 0 Å². The molecule has 0 radical (unpaired) electrons. The quantitative estimate of drug-likeness (QED) is 0.528. The van der Waals surface area contributed by atoms with Crippen LogP contribution in [0.15, 0.2) is 72.1 Å². The van der Waals surface area contributed by atoms with Gasteiger partial charge in [-0.05, 0) is 35.7 Å².